The van der Waals surface area contributed by atoms with Gasteiger partial charge in [-0.15, -0.1) is 0 Å². The third-order valence-corrected chi connectivity index (χ3v) is 32.7. The molecule has 0 saturated carbocycles. The van der Waals surface area contributed by atoms with Crippen LogP contribution in [0, 0.1) is 5.41 Å². The Morgan fingerprint density at radius 2 is 0.453 bits per heavy atom. The van der Waals surface area contributed by atoms with Crippen LogP contribution in [-0.4, -0.2) is 137 Å². The molecule has 0 radical (unpaired) electrons. The van der Waals surface area contributed by atoms with Crippen LogP contribution in [0.25, 0.3) is 0 Å². The van der Waals surface area contributed by atoms with Crippen LogP contribution >= 0.6 is 0 Å². The Balaban J connectivity index is 5.62. The van der Waals surface area contributed by atoms with E-state index in [4.69, 9.17) is 53.1 Å². The predicted molar refractivity (Wildman–Crippen MR) is 229 cm³/mol. The second kappa shape index (κ2) is 26.7. The van der Waals surface area contributed by atoms with Crippen molar-refractivity contribution in [2.75, 3.05) is 85.3 Å². The van der Waals surface area contributed by atoms with Gasteiger partial charge in [0, 0.05) is 109 Å². The first-order valence-corrected chi connectivity index (χ1v) is 33.6. The first kappa shape index (κ1) is 53.8. The van der Waals surface area contributed by atoms with Crippen molar-refractivity contribution in [3.05, 3.63) is 0 Å². The minimum atomic E-state index is -2.60. The lowest BCUT2D eigenvalue weighted by Crippen LogP contribution is -2.44. The summed E-state index contributed by atoms with van der Waals surface area (Å²) in [5, 5.41) is 0. The number of hydrogen-bond acceptors (Lipinski definition) is 12. The van der Waals surface area contributed by atoms with Gasteiger partial charge in [-0.3, -0.25) is 0 Å². The zero-order valence-electron chi connectivity index (χ0n) is 37.1. The number of rotatable bonds is 36. The molecule has 0 aromatic carbocycles. The fourth-order valence-electron chi connectivity index (χ4n) is 8.01. The minimum absolute atomic E-state index is 0.285. The standard InChI is InChI=1S/C35H84O12Si6/c1-35(2,23-17-25-48(15,27-19-31-50(36-3,37-4)38-5)28-20-32-51(39-6,40-7)41-8)24-18-26-49(16,29-21-33-52(42-9,43-10)44-11)30-22-34-53(45-12,46-13)47-14/h17-34H2,1-16H3. The van der Waals surface area contributed by atoms with Gasteiger partial charge in [0.05, 0.1) is 16.1 Å². The molecule has 18 heteroatoms. The van der Waals surface area contributed by atoms with Crippen molar-refractivity contribution in [3.8, 4) is 0 Å². The van der Waals surface area contributed by atoms with Crippen LogP contribution in [-0.2, 0) is 53.1 Å². The van der Waals surface area contributed by atoms with E-state index >= 15 is 0 Å². The van der Waals surface area contributed by atoms with Crippen molar-refractivity contribution in [1.29, 1.82) is 0 Å². The highest BCUT2D eigenvalue weighted by molar-refractivity contribution is 6.79. The molecule has 0 aliphatic rings. The van der Waals surface area contributed by atoms with Gasteiger partial charge < -0.3 is 53.1 Å². The molecule has 0 aromatic rings. The Bertz CT molecular complexity index is 767. The van der Waals surface area contributed by atoms with Gasteiger partial charge in [-0.2, -0.15) is 0 Å². The highest BCUT2D eigenvalue weighted by atomic mass is 28.4. The van der Waals surface area contributed by atoms with Crippen LogP contribution in [0.3, 0.4) is 0 Å². The Hall–Kier alpha value is 0.821. The van der Waals surface area contributed by atoms with Gasteiger partial charge in [0.2, 0.25) is 0 Å². The van der Waals surface area contributed by atoms with Crippen molar-refractivity contribution in [2.24, 2.45) is 5.41 Å². The third-order valence-electron chi connectivity index (χ3n) is 12.1. The van der Waals surface area contributed by atoms with E-state index in [9.17, 15) is 0 Å². The molecule has 0 aromatic heterocycles. The Morgan fingerprint density at radius 3 is 0.623 bits per heavy atom. The quantitative estimate of drug-likeness (QED) is 0.0562. The molecule has 0 N–H and O–H groups in total. The summed E-state index contributed by atoms with van der Waals surface area (Å²) in [6, 6.07) is 10.9. The van der Waals surface area contributed by atoms with E-state index in [0.29, 0.717) is 0 Å². The van der Waals surface area contributed by atoms with E-state index in [1.165, 1.54) is 61.9 Å². The summed E-state index contributed by atoms with van der Waals surface area (Å²) >= 11 is 0. The molecular weight excluding hydrogens is 781 g/mol. The summed E-state index contributed by atoms with van der Waals surface area (Å²) in [7, 11) is 6.90. The smallest absolute Gasteiger partial charge is 0.377 e. The maximum Gasteiger partial charge on any atom is 0.500 e. The zero-order chi connectivity index (χ0) is 40.7. The first-order valence-electron chi connectivity index (χ1n) is 19.6. The van der Waals surface area contributed by atoms with Crippen molar-refractivity contribution in [1.82, 2.24) is 0 Å². The van der Waals surface area contributed by atoms with Gasteiger partial charge in [-0.25, -0.2) is 0 Å². The van der Waals surface area contributed by atoms with Crippen LogP contribution in [0.2, 0.25) is 73.5 Å². The van der Waals surface area contributed by atoms with Crippen molar-refractivity contribution in [3.63, 3.8) is 0 Å². The highest BCUT2D eigenvalue weighted by Crippen LogP contribution is 2.38. The largest absolute Gasteiger partial charge is 0.500 e. The molecule has 0 heterocycles. The molecule has 0 rings (SSSR count). The lowest BCUT2D eigenvalue weighted by atomic mass is 9.84. The molecule has 0 amide bonds. The maximum absolute atomic E-state index is 5.75. The molecule has 0 aliphatic carbocycles. The molecule has 0 saturated heterocycles. The SMILES string of the molecule is CO[Si](CCC[Si](C)(CCCC(C)(C)CCC[Si](C)(CCC[Si](OC)(OC)OC)CCC[Si](OC)(OC)OC)CCC[Si](OC)(OC)OC)(OC)OC. The van der Waals surface area contributed by atoms with E-state index in [1.807, 2.05) is 0 Å². The summed E-state index contributed by atoms with van der Waals surface area (Å²) in [5.41, 5.74) is 0.285. The van der Waals surface area contributed by atoms with Crippen LogP contribution in [0.4, 0.5) is 0 Å². The highest BCUT2D eigenvalue weighted by Gasteiger charge is 2.42. The Labute approximate surface area is 332 Å². The molecule has 320 valence electrons. The fourth-order valence-corrected chi connectivity index (χ4v) is 24.0. The van der Waals surface area contributed by atoms with Crippen molar-refractivity contribution in [2.45, 2.75) is 139 Å². The van der Waals surface area contributed by atoms with E-state index < -0.39 is 51.4 Å². The van der Waals surface area contributed by atoms with Crippen molar-refractivity contribution < 1.29 is 53.1 Å². The Kier molecular flexibility index (Phi) is 27.2. The normalized spacial score (nSPS) is 14.0. The molecule has 0 aliphatic heterocycles. The summed E-state index contributed by atoms with van der Waals surface area (Å²) < 4.78 is 69.0. The van der Waals surface area contributed by atoms with Gasteiger partial charge in [0.15, 0.2) is 0 Å². The van der Waals surface area contributed by atoms with Gasteiger partial charge in [0.1, 0.15) is 0 Å². The molecule has 0 atom stereocenters. The fraction of sp³-hybridized carbons (Fsp3) is 1.00. The van der Waals surface area contributed by atoms with Gasteiger partial charge in [-0.1, -0.05) is 102 Å². The molecule has 12 nitrogen and oxygen atoms in total. The molecule has 0 spiro atoms. The van der Waals surface area contributed by atoms with Crippen LogP contribution in [0.5, 0.6) is 0 Å². The third kappa shape index (κ3) is 19.0. The second-order valence-corrected chi connectivity index (χ2v) is 38.7. The minimum Gasteiger partial charge on any atom is -0.377 e. The van der Waals surface area contributed by atoms with E-state index in [-0.39, 0.29) is 5.41 Å². The van der Waals surface area contributed by atoms with Gasteiger partial charge in [-0.05, 0) is 18.3 Å². The Morgan fingerprint density at radius 1 is 0.283 bits per heavy atom. The summed E-state index contributed by atoms with van der Waals surface area (Å²) in [4.78, 5) is 0. The maximum atomic E-state index is 5.75. The topological polar surface area (TPSA) is 111 Å². The average Bonchev–Trinajstić information content (AvgIpc) is 3.16. The van der Waals surface area contributed by atoms with Gasteiger partial charge >= 0.3 is 35.2 Å². The molecule has 0 bridgehead atoms. The van der Waals surface area contributed by atoms with E-state index in [2.05, 4.69) is 26.9 Å². The van der Waals surface area contributed by atoms with Gasteiger partial charge in [0.25, 0.3) is 0 Å². The van der Waals surface area contributed by atoms with Crippen LogP contribution in [0.1, 0.15) is 65.2 Å². The van der Waals surface area contributed by atoms with E-state index in [1.54, 1.807) is 85.3 Å². The molecule has 53 heavy (non-hydrogen) atoms. The average molecular weight is 866 g/mol. The predicted octanol–water partition coefficient (Wildman–Crippen LogP) is 8.80. The van der Waals surface area contributed by atoms with E-state index in [0.717, 1.165) is 49.9 Å². The lowest BCUT2D eigenvalue weighted by Gasteiger charge is -2.34. The molecular formula is C35H84O12Si6. The summed E-state index contributed by atoms with van der Waals surface area (Å²) in [5.74, 6) is 0. The first-order chi connectivity index (χ1) is 25.0. The van der Waals surface area contributed by atoms with Crippen molar-refractivity contribution >= 4 is 51.4 Å². The lowest BCUT2D eigenvalue weighted by molar-refractivity contribution is 0.122. The van der Waals surface area contributed by atoms with Crippen LogP contribution in [0.15, 0.2) is 0 Å². The second-order valence-electron chi connectivity index (χ2n) is 16.1. The molecule has 0 unspecified atom stereocenters. The monoisotopic (exact) mass is 864 g/mol. The summed E-state index contributed by atoms with van der Waals surface area (Å²) in [6.07, 6.45) is 9.22. The summed E-state index contributed by atoms with van der Waals surface area (Å²) in [6.45, 7) is 10.1. The zero-order valence-corrected chi connectivity index (χ0v) is 43.1. The van der Waals surface area contributed by atoms with Crippen LogP contribution < -0.4 is 0 Å². The molecule has 0 fully saturated rings. The number of hydrogen-bond donors (Lipinski definition) is 0.